The van der Waals surface area contributed by atoms with Crippen molar-refractivity contribution >= 4 is 29.2 Å². The number of rotatable bonds is 6. The first-order valence-corrected chi connectivity index (χ1v) is 11.0. The highest BCUT2D eigenvalue weighted by atomic mass is 35.5. The number of aryl methyl sites for hydroxylation is 2. The minimum absolute atomic E-state index is 0.221. The Kier molecular flexibility index (Phi) is 5.20. The molecule has 5 heteroatoms. The molecule has 0 saturated heterocycles. The van der Waals surface area contributed by atoms with Gasteiger partial charge in [-0.15, -0.1) is 11.6 Å². The van der Waals surface area contributed by atoms with Gasteiger partial charge in [-0.1, -0.05) is 32.0 Å². The number of carbonyl (C=O) groups is 2. The molecular formula is C23H30ClNO3. The minimum atomic E-state index is -0.470. The average Bonchev–Trinajstić information content (AvgIpc) is 2.64. The van der Waals surface area contributed by atoms with Crippen molar-refractivity contribution in [2.75, 3.05) is 11.9 Å². The summed E-state index contributed by atoms with van der Waals surface area (Å²) in [6, 6.07) is 6.06. The van der Waals surface area contributed by atoms with Gasteiger partial charge in [0.2, 0.25) is 0 Å². The number of nitrogens with one attached hydrogen (secondary N) is 1. The molecule has 0 spiro atoms. The number of hydrogen-bond acceptors (Lipinski definition) is 3. The molecule has 0 heterocycles. The van der Waals surface area contributed by atoms with E-state index in [2.05, 4.69) is 19.2 Å². The monoisotopic (exact) mass is 403 g/mol. The van der Waals surface area contributed by atoms with Crippen molar-refractivity contribution in [2.45, 2.75) is 70.1 Å². The normalized spacial score (nSPS) is 33.0. The zero-order valence-corrected chi connectivity index (χ0v) is 17.6. The van der Waals surface area contributed by atoms with E-state index < -0.39 is 5.41 Å². The summed E-state index contributed by atoms with van der Waals surface area (Å²) in [6.07, 6.45) is 7.36. The van der Waals surface area contributed by atoms with Crippen LogP contribution in [0.15, 0.2) is 18.2 Å². The van der Waals surface area contributed by atoms with E-state index in [0.29, 0.717) is 18.3 Å². The standard InChI is InChI=1S/C23H30ClNO3/c1-3-17-6-5-7-18(4-2)20(17)25-19(26)13-28-21(27)22-9-15-8-16(10-22)12-23(24,11-15)14-22/h5-7,15-16H,3-4,8-14H2,1-2H3,(H,25,26)/t15-,16+,22?,23?. The lowest BCUT2D eigenvalue weighted by Crippen LogP contribution is -2.56. The maximum Gasteiger partial charge on any atom is 0.312 e. The molecule has 4 aliphatic carbocycles. The van der Waals surface area contributed by atoms with E-state index in [1.165, 1.54) is 6.42 Å². The third kappa shape index (κ3) is 3.56. The second-order valence-corrected chi connectivity index (χ2v) is 9.98. The first kappa shape index (κ1) is 19.8. The van der Waals surface area contributed by atoms with Gasteiger partial charge in [0.25, 0.3) is 5.91 Å². The van der Waals surface area contributed by atoms with Crippen molar-refractivity contribution < 1.29 is 14.3 Å². The molecule has 1 N–H and O–H groups in total. The minimum Gasteiger partial charge on any atom is -0.455 e. The molecule has 4 fully saturated rings. The molecule has 152 valence electrons. The molecule has 5 rings (SSSR count). The molecule has 0 aromatic heterocycles. The predicted octanol–water partition coefficient (Wildman–Crippen LogP) is 4.87. The Morgan fingerprint density at radius 3 is 2.25 bits per heavy atom. The van der Waals surface area contributed by atoms with Crippen molar-refractivity contribution in [1.82, 2.24) is 0 Å². The van der Waals surface area contributed by atoms with Crippen molar-refractivity contribution in [3.63, 3.8) is 0 Å². The lowest BCUT2D eigenvalue weighted by Gasteiger charge is -2.58. The van der Waals surface area contributed by atoms with Gasteiger partial charge in [-0.25, -0.2) is 0 Å². The second kappa shape index (κ2) is 7.37. The van der Waals surface area contributed by atoms with Crippen LogP contribution < -0.4 is 5.32 Å². The van der Waals surface area contributed by atoms with Crippen LogP contribution >= 0.6 is 11.6 Å². The van der Waals surface area contributed by atoms with Crippen molar-refractivity contribution in [3.05, 3.63) is 29.3 Å². The number of hydrogen-bond donors (Lipinski definition) is 1. The van der Waals surface area contributed by atoms with Gasteiger partial charge < -0.3 is 10.1 Å². The molecule has 4 atom stereocenters. The zero-order chi connectivity index (χ0) is 19.9. The van der Waals surface area contributed by atoms with E-state index in [0.717, 1.165) is 55.3 Å². The summed E-state index contributed by atoms with van der Waals surface area (Å²) in [7, 11) is 0. The molecule has 4 aliphatic rings. The van der Waals surface area contributed by atoms with Gasteiger partial charge in [0.1, 0.15) is 0 Å². The molecule has 1 aromatic carbocycles. The first-order chi connectivity index (χ1) is 13.4. The van der Waals surface area contributed by atoms with E-state index in [-0.39, 0.29) is 23.4 Å². The van der Waals surface area contributed by atoms with Crippen LogP contribution in [0.2, 0.25) is 0 Å². The summed E-state index contributed by atoms with van der Waals surface area (Å²) < 4.78 is 5.54. The Morgan fingerprint density at radius 2 is 1.71 bits per heavy atom. The summed E-state index contributed by atoms with van der Waals surface area (Å²) in [6.45, 7) is 3.91. The quantitative estimate of drug-likeness (QED) is 0.544. The molecule has 0 radical (unpaired) electrons. The van der Waals surface area contributed by atoms with E-state index in [4.69, 9.17) is 16.3 Å². The fourth-order valence-electron chi connectivity index (χ4n) is 6.25. The SMILES string of the molecule is CCc1cccc(CC)c1NC(=O)COC(=O)C12C[C@@H]3C[C@@H](CC(Cl)(C3)C1)C2. The maximum absolute atomic E-state index is 13.0. The van der Waals surface area contributed by atoms with Crippen LogP contribution in [0.3, 0.4) is 0 Å². The molecule has 28 heavy (non-hydrogen) atoms. The van der Waals surface area contributed by atoms with Gasteiger partial charge in [0, 0.05) is 10.6 Å². The highest BCUT2D eigenvalue weighted by Gasteiger charge is 2.60. The van der Waals surface area contributed by atoms with Crippen LogP contribution in [0.25, 0.3) is 0 Å². The summed E-state index contributed by atoms with van der Waals surface area (Å²) in [5, 5.41) is 2.98. The molecule has 1 amide bonds. The maximum atomic E-state index is 13.0. The van der Waals surface area contributed by atoms with E-state index in [1.54, 1.807) is 0 Å². The van der Waals surface area contributed by atoms with Crippen molar-refractivity contribution in [1.29, 1.82) is 0 Å². The Hall–Kier alpha value is -1.55. The van der Waals surface area contributed by atoms with E-state index in [1.807, 2.05) is 18.2 Å². The third-order valence-electron chi connectivity index (χ3n) is 7.02. The number of ether oxygens (including phenoxy) is 1. The van der Waals surface area contributed by atoms with Gasteiger partial charge in [0.05, 0.1) is 5.41 Å². The zero-order valence-electron chi connectivity index (χ0n) is 16.9. The Balaban J connectivity index is 1.40. The number of halogens is 1. The van der Waals surface area contributed by atoms with Gasteiger partial charge in [0.15, 0.2) is 6.61 Å². The fourth-order valence-corrected chi connectivity index (χ4v) is 6.94. The number of para-hydroxylation sites is 1. The molecule has 1 aromatic rings. The van der Waals surface area contributed by atoms with Crippen molar-refractivity contribution in [3.8, 4) is 0 Å². The van der Waals surface area contributed by atoms with Gasteiger partial charge in [-0.2, -0.15) is 0 Å². The summed E-state index contributed by atoms with van der Waals surface area (Å²) in [5.41, 5.74) is 2.60. The molecule has 4 bridgehead atoms. The second-order valence-electron chi connectivity index (χ2n) is 9.17. The average molecular weight is 404 g/mol. The van der Waals surface area contributed by atoms with Gasteiger partial charge in [-0.05, 0) is 74.3 Å². The van der Waals surface area contributed by atoms with E-state index in [9.17, 15) is 9.59 Å². The van der Waals surface area contributed by atoms with Gasteiger partial charge >= 0.3 is 5.97 Å². The number of anilines is 1. The Labute approximate surface area is 172 Å². The molecule has 4 saturated carbocycles. The third-order valence-corrected chi connectivity index (χ3v) is 7.46. The smallest absolute Gasteiger partial charge is 0.312 e. The van der Waals surface area contributed by atoms with Crippen LogP contribution in [0.5, 0.6) is 0 Å². The number of carbonyl (C=O) groups excluding carboxylic acids is 2. The van der Waals surface area contributed by atoms with Crippen molar-refractivity contribution in [2.24, 2.45) is 17.3 Å². The fraction of sp³-hybridized carbons (Fsp3) is 0.652. The lowest BCUT2D eigenvalue weighted by atomic mass is 9.49. The Bertz CT molecular complexity index is 754. The first-order valence-electron chi connectivity index (χ1n) is 10.6. The number of alkyl halides is 1. The topological polar surface area (TPSA) is 55.4 Å². The molecule has 4 nitrogen and oxygen atoms in total. The highest BCUT2D eigenvalue weighted by molar-refractivity contribution is 6.24. The lowest BCUT2D eigenvalue weighted by molar-refractivity contribution is -0.171. The Morgan fingerprint density at radius 1 is 1.11 bits per heavy atom. The highest BCUT2D eigenvalue weighted by Crippen LogP contribution is 2.64. The molecule has 2 unspecified atom stereocenters. The summed E-state index contributed by atoms with van der Waals surface area (Å²) in [4.78, 5) is 25.3. The van der Waals surface area contributed by atoms with Crippen LogP contribution in [0, 0.1) is 17.3 Å². The number of benzene rings is 1. The number of esters is 1. The van der Waals surface area contributed by atoms with Crippen LogP contribution in [-0.2, 0) is 27.2 Å². The van der Waals surface area contributed by atoms with Gasteiger partial charge in [-0.3, -0.25) is 9.59 Å². The van der Waals surface area contributed by atoms with Crippen LogP contribution in [-0.4, -0.2) is 23.4 Å². The summed E-state index contributed by atoms with van der Waals surface area (Å²) >= 11 is 6.81. The largest absolute Gasteiger partial charge is 0.455 e. The van der Waals surface area contributed by atoms with E-state index >= 15 is 0 Å². The molecule has 0 aliphatic heterocycles. The van der Waals surface area contributed by atoms with Crippen LogP contribution in [0.4, 0.5) is 5.69 Å². The predicted molar refractivity (Wildman–Crippen MR) is 110 cm³/mol. The molecular weight excluding hydrogens is 374 g/mol. The number of amides is 1. The summed E-state index contributed by atoms with van der Waals surface area (Å²) in [5.74, 6) is 0.572. The van der Waals surface area contributed by atoms with Crippen LogP contribution in [0.1, 0.15) is 63.5 Å².